The summed E-state index contributed by atoms with van der Waals surface area (Å²) in [5, 5.41) is 3.31. The summed E-state index contributed by atoms with van der Waals surface area (Å²) in [6.45, 7) is 0. The van der Waals surface area contributed by atoms with E-state index >= 15 is 0 Å². The number of sulfone groups is 1. The molecule has 0 spiro atoms. The minimum Gasteiger partial charge on any atom is -0.317 e. The maximum atomic E-state index is 12.2. The molecule has 0 saturated heterocycles. The summed E-state index contributed by atoms with van der Waals surface area (Å²) < 4.78 is 24.3. The van der Waals surface area contributed by atoms with Crippen molar-refractivity contribution in [1.82, 2.24) is 5.32 Å². The molecule has 2 saturated carbocycles. The monoisotopic (exact) mass is 259 g/mol. The topological polar surface area (TPSA) is 46.2 Å². The zero-order valence-electron chi connectivity index (χ0n) is 10.8. The van der Waals surface area contributed by atoms with Crippen molar-refractivity contribution >= 4 is 9.84 Å². The minimum atomic E-state index is -2.81. The SMILES string of the molecule is CNC1CCCC1CCS(=O)(=O)C1CCCC1. The molecule has 0 radical (unpaired) electrons. The van der Waals surface area contributed by atoms with Crippen molar-refractivity contribution in [3.8, 4) is 0 Å². The zero-order chi connectivity index (χ0) is 12.3. The highest BCUT2D eigenvalue weighted by atomic mass is 32.2. The van der Waals surface area contributed by atoms with Gasteiger partial charge in [-0.05, 0) is 45.1 Å². The third-order valence-corrected chi connectivity index (χ3v) is 6.90. The lowest BCUT2D eigenvalue weighted by molar-refractivity contribution is 0.413. The fourth-order valence-corrected chi connectivity index (χ4v) is 5.51. The Hall–Kier alpha value is -0.0900. The quantitative estimate of drug-likeness (QED) is 0.822. The van der Waals surface area contributed by atoms with E-state index in [1.165, 1.54) is 19.3 Å². The summed E-state index contributed by atoms with van der Waals surface area (Å²) in [5.74, 6) is 0.997. The highest BCUT2D eigenvalue weighted by Crippen LogP contribution is 2.31. The van der Waals surface area contributed by atoms with E-state index in [2.05, 4.69) is 5.32 Å². The summed E-state index contributed by atoms with van der Waals surface area (Å²) in [6, 6.07) is 0.550. The van der Waals surface area contributed by atoms with Gasteiger partial charge in [-0.1, -0.05) is 19.3 Å². The molecule has 2 rings (SSSR count). The van der Waals surface area contributed by atoms with Gasteiger partial charge >= 0.3 is 0 Å². The van der Waals surface area contributed by atoms with Gasteiger partial charge < -0.3 is 5.32 Å². The molecule has 2 atom stereocenters. The molecule has 0 aliphatic heterocycles. The van der Waals surface area contributed by atoms with Crippen LogP contribution < -0.4 is 5.32 Å². The third-order valence-electron chi connectivity index (χ3n) is 4.61. The molecule has 0 aromatic rings. The van der Waals surface area contributed by atoms with E-state index in [9.17, 15) is 8.42 Å². The van der Waals surface area contributed by atoms with E-state index in [1.54, 1.807) is 0 Å². The first-order chi connectivity index (χ1) is 8.13. The molecule has 0 amide bonds. The van der Waals surface area contributed by atoms with Crippen LogP contribution in [-0.4, -0.2) is 32.5 Å². The first-order valence-electron chi connectivity index (χ1n) is 7.02. The van der Waals surface area contributed by atoms with E-state index in [4.69, 9.17) is 0 Å². The predicted molar refractivity (Wildman–Crippen MR) is 70.8 cm³/mol. The van der Waals surface area contributed by atoms with E-state index in [1.807, 2.05) is 7.05 Å². The summed E-state index contributed by atoms with van der Waals surface area (Å²) in [5.41, 5.74) is 0. The molecule has 0 aromatic heterocycles. The van der Waals surface area contributed by atoms with Crippen LogP contribution in [0.2, 0.25) is 0 Å². The van der Waals surface area contributed by atoms with Crippen molar-refractivity contribution in [2.45, 2.75) is 62.7 Å². The predicted octanol–water partition coefficient (Wildman–Crippen LogP) is 2.12. The first-order valence-corrected chi connectivity index (χ1v) is 8.74. The largest absolute Gasteiger partial charge is 0.317 e. The van der Waals surface area contributed by atoms with Crippen molar-refractivity contribution in [2.75, 3.05) is 12.8 Å². The van der Waals surface area contributed by atoms with Crippen LogP contribution in [0.3, 0.4) is 0 Å². The Morgan fingerprint density at radius 2 is 1.76 bits per heavy atom. The van der Waals surface area contributed by atoms with Gasteiger partial charge in [0.1, 0.15) is 0 Å². The fourth-order valence-electron chi connectivity index (χ4n) is 3.49. The van der Waals surface area contributed by atoms with Crippen molar-refractivity contribution in [3.05, 3.63) is 0 Å². The molecule has 0 heterocycles. The van der Waals surface area contributed by atoms with Gasteiger partial charge in [-0.15, -0.1) is 0 Å². The Morgan fingerprint density at radius 3 is 2.41 bits per heavy atom. The zero-order valence-corrected chi connectivity index (χ0v) is 11.6. The van der Waals surface area contributed by atoms with Gasteiger partial charge in [-0.3, -0.25) is 0 Å². The molecule has 0 bridgehead atoms. The Bertz CT molecular complexity index is 333. The summed E-state index contributed by atoms with van der Waals surface area (Å²) in [4.78, 5) is 0. The van der Waals surface area contributed by atoms with E-state index < -0.39 is 9.84 Å². The van der Waals surface area contributed by atoms with E-state index in [0.29, 0.717) is 17.7 Å². The van der Waals surface area contributed by atoms with Crippen LogP contribution >= 0.6 is 0 Å². The van der Waals surface area contributed by atoms with Gasteiger partial charge in [-0.25, -0.2) is 8.42 Å². The Morgan fingerprint density at radius 1 is 1.06 bits per heavy atom. The van der Waals surface area contributed by atoms with Gasteiger partial charge in [0.05, 0.1) is 11.0 Å². The van der Waals surface area contributed by atoms with E-state index in [-0.39, 0.29) is 5.25 Å². The second-order valence-corrected chi connectivity index (χ2v) is 8.05. The van der Waals surface area contributed by atoms with Crippen LogP contribution in [0.15, 0.2) is 0 Å². The lowest BCUT2D eigenvalue weighted by atomic mass is 10.0. The van der Waals surface area contributed by atoms with Crippen LogP contribution in [0.1, 0.15) is 51.4 Å². The highest BCUT2D eigenvalue weighted by molar-refractivity contribution is 7.92. The standard InChI is InChI=1S/C13H25NO2S/c1-14-13-8-4-5-11(13)9-10-17(15,16)12-6-2-3-7-12/h11-14H,2-10H2,1H3. The van der Waals surface area contributed by atoms with Crippen LogP contribution in [0.4, 0.5) is 0 Å². The fraction of sp³-hybridized carbons (Fsp3) is 1.00. The normalized spacial score (nSPS) is 31.1. The lowest BCUT2D eigenvalue weighted by Crippen LogP contribution is -2.31. The van der Waals surface area contributed by atoms with Crippen LogP contribution in [0, 0.1) is 5.92 Å². The molecule has 0 aromatic carbocycles. The van der Waals surface area contributed by atoms with Gasteiger partial charge in [-0.2, -0.15) is 0 Å². The third kappa shape index (κ3) is 3.22. The van der Waals surface area contributed by atoms with Crippen LogP contribution in [-0.2, 0) is 9.84 Å². The Balaban J connectivity index is 1.84. The van der Waals surface area contributed by atoms with Crippen LogP contribution in [0.25, 0.3) is 0 Å². The summed E-state index contributed by atoms with van der Waals surface area (Å²) in [6.07, 6.45) is 8.55. The van der Waals surface area contributed by atoms with Crippen molar-refractivity contribution in [3.63, 3.8) is 0 Å². The second-order valence-electron chi connectivity index (χ2n) is 5.65. The van der Waals surface area contributed by atoms with E-state index in [0.717, 1.165) is 32.1 Å². The molecule has 4 heteroatoms. The van der Waals surface area contributed by atoms with Gasteiger partial charge in [0.2, 0.25) is 0 Å². The van der Waals surface area contributed by atoms with Crippen LogP contribution in [0.5, 0.6) is 0 Å². The van der Waals surface area contributed by atoms with Crippen molar-refractivity contribution in [1.29, 1.82) is 0 Å². The molecule has 1 N–H and O–H groups in total. The molecule has 3 nitrogen and oxygen atoms in total. The molecule has 2 fully saturated rings. The molecule has 2 aliphatic carbocycles. The smallest absolute Gasteiger partial charge is 0.153 e. The number of rotatable bonds is 5. The van der Waals surface area contributed by atoms with Gasteiger partial charge in [0.25, 0.3) is 0 Å². The van der Waals surface area contributed by atoms with Gasteiger partial charge in [0, 0.05) is 6.04 Å². The minimum absolute atomic E-state index is 0.0167. The Kier molecular flexibility index (Phi) is 4.47. The molecule has 2 aliphatic rings. The molecular weight excluding hydrogens is 234 g/mol. The summed E-state index contributed by atoms with van der Waals surface area (Å²) in [7, 11) is -0.812. The molecule has 100 valence electrons. The second kappa shape index (κ2) is 5.70. The maximum Gasteiger partial charge on any atom is 0.153 e. The van der Waals surface area contributed by atoms with Crippen molar-refractivity contribution < 1.29 is 8.42 Å². The molecule has 2 unspecified atom stereocenters. The lowest BCUT2D eigenvalue weighted by Gasteiger charge is -2.19. The molecule has 17 heavy (non-hydrogen) atoms. The highest BCUT2D eigenvalue weighted by Gasteiger charge is 2.31. The average Bonchev–Trinajstić information content (AvgIpc) is 2.97. The number of nitrogens with one attached hydrogen (secondary N) is 1. The summed E-state index contributed by atoms with van der Waals surface area (Å²) >= 11 is 0. The molecular formula is C13H25NO2S. The number of hydrogen-bond donors (Lipinski definition) is 1. The maximum absolute atomic E-state index is 12.2. The average molecular weight is 259 g/mol. The van der Waals surface area contributed by atoms with Gasteiger partial charge in [0.15, 0.2) is 9.84 Å². The number of hydrogen-bond acceptors (Lipinski definition) is 3. The first kappa shape index (κ1) is 13.3. The Labute approximate surface area is 105 Å². The van der Waals surface area contributed by atoms with Crippen molar-refractivity contribution in [2.24, 2.45) is 5.92 Å².